The highest BCUT2D eigenvalue weighted by Gasteiger charge is 2.40. The molecule has 0 radical (unpaired) electrons. The number of rotatable bonds is 0. The Kier molecular flexibility index (Phi) is 4.11. The van der Waals surface area contributed by atoms with E-state index in [1.807, 2.05) is 13.8 Å². The molecule has 0 unspecified atom stereocenters. The minimum Gasteiger partial charge on any atom is -0.306 e. The topological polar surface area (TPSA) is 3.24 Å². The zero-order chi connectivity index (χ0) is 13.2. The molecule has 1 aromatic rings. The van der Waals surface area contributed by atoms with Gasteiger partial charge in [0.05, 0.1) is 0 Å². The van der Waals surface area contributed by atoms with Crippen molar-refractivity contribution in [2.75, 3.05) is 20.1 Å². The third-order valence-corrected chi connectivity index (χ3v) is 4.65. The smallest absolute Gasteiger partial charge is 0.00133 e. The fourth-order valence-electron chi connectivity index (χ4n) is 3.48. The highest BCUT2D eigenvalue weighted by molar-refractivity contribution is 5.42. The highest BCUT2D eigenvalue weighted by Crippen LogP contribution is 2.46. The van der Waals surface area contributed by atoms with Crippen molar-refractivity contribution in [1.29, 1.82) is 0 Å². The van der Waals surface area contributed by atoms with E-state index in [2.05, 4.69) is 37.1 Å². The molecule has 2 aliphatic rings. The number of hydrogen-bond acceptors (Lipinski definition) is 1. The number of nitrogens with zero attached hydrogens (tertiary/aromatic N) is 1. The molecule has 1 fully saturated rings. The van der Waals surface area contributed by atoms with Crippen molar-refractivity contribution in [3.63, 3.8) is 0 Å². The zero-order valence-electron chi connectivity index (χ0n) is 12.4. The van der Waals surface area contributed by atoms with E-state index in [1.54, 1.807) is 11.1 Å². The predicted molar refractivity (Wildman–Crippen MR) is 79.3 cm³/mol. The van der Waals surface area contributed by atoms with Crippen molar-refractivity contribution < 1.29 is 0 Å². The molecule has 0 amide bonds. The van der Waals surface area contributed by atoms with Crippen LogP contribution in [-0.4, -0.2) is 25.0 Å². The van der Waals surface area contributed by atoms with Crippen LogP contribution in [0.3, 0.4) is 0 Å². The summed E-state index contributed by atoms with van der Waals surface area (Å²) < 4.78 is 0. The third-order valence-electron chi connectivity index (χ3n) is 4.65. The van der Waals surface area contributed by atoms with Gasteiger partial charge < -0.3 is 4.90 Å². The standard InChI is InChI=1S/C15H21N.C2H6/c1-12-3-4-13-5-6-15(14(13)11-12)7-9-16(2)10-8-15;1-2/h3-4,11H,5-10H2,1-2H3;1-2H3. The number of piperidine rings is 1. The molecule has 1 heteroatoms. The third kappa shape index (κ3) is 2.33. The lowest BCUT2D eigenvalue weighted by molar-refractivity contribution is 0.187. The summed E-state index contributed by atoms with van der Waals surface area (Å²) in [6.45, 7) is 8.77. The average Bonchev–Trinajstić information content (AvgIpc) is 2.75. The molecule has 0 atom stereocenters. The number of benzene rings is 1. The Morgan fingerprint density at radius 2 is 1.72 bits per heavy atom. The van der Waals surface area contributed by atoms with Crippen molar-refractivity contribution in [2.24, 2.45) is 0 Å². The van der Waals surface area contributed by atoms with Crippen LogP contribution in [0.4, 0.5) is 0 Å². The van der Waals surface area contributed by atoms with Crippen LogP contribution in [0.5, 0.6) is 0 Å². The van der Waals surface area contributed by atoms with Crippen LogP contribution in [-0.2, 0) is 11.8 Å². The van der Waals surface area contributed by atoms with Crippen LogP contribution < -0.4 is 0 Å². The molecule has 1 spiro atoms. The number of fused-ring (bicyclic) bond motifs is 2. The van der Waals surface area contributed by atoms with Gasteiger partial charge in [0.1, 0.15) is 0 Å². The summed E-state index contributed by atoms with van der Waals surface area (Å²) in [6, 6.07) is 7.08. The first-order valence-corrected chi connectivity index (χ1v) is 7.48. The van der Waals surface area contributed by atoms with Gasteiger partial charge in [0.2, 0.25) is 0 Å². The lowest BCUT2D eigenvalue weighted by Crippen LogP contribution is -2.39. The van der Waals surface area contributed by atoms with Crippen LogP contribution in [0.15, 0.2) is 18.2 Å². The van der Waals surface area contributed by atoms with E-state index in [0.717, 1.165) is 0 Å². The molecule has 1 aromatic carbocycles. The van der Waals surface area contributed by atoms with Gasteiger partial charge in [-0.15, -0.1) is 0 Å². The van der Waals surface area contributed by atoms with Crippen molar-refractivity contribution in [3.05, 3.63) is 34.9 Å². The van der Waals surface area contributed by atoms with E-state index in [-0.39, 0.29) is 0 Å². The molecule has 0 aromatic heterocycles. The molecule has 1 saturated heterocycles. The zero-order valence-corrected chi connectivity index (χ0v) is 12.4. The molecular formula is C17H27N. The summed E-state index contributed by atoms with van der Waals surface area (Å²) in [6.07, 6.45) is 5.42. The maximum Gasteiger partial charge on any atom is -0.00133 e. The largest absolute Gasteiger partial charge is 0.306 e. The Morgan fingerprint density at radius 1 is 1.06 bits per heavy atom. The maximum absolute atomic E-state index is 2.47. The van der Waals surface area contributed by atoms with E-state index in [9.17, 15) is 0 Å². The van der Waals surface area contributed by atoms with Crippen molar-refractivity contribution in [3.8, 4) is 0 Å². The molecule has 1 nitrogen and oxygen atoms in total. The van der Waals surface area contributed by atoms with Crippen molar-refractivity contribution in [2.45, 2.75) is 51.9 Å². The fraction of sp³-hybridized carbons (Fsp3) is 0.647. The summed E-state index contributed by atoms with van der Waals surface area (Å²) in [5, 5.41) is 0. The lowest BCUT2D eigenvalue weighted by Gasteiger charge is -2.38. The molecule has 1 aliphatic heterocycles. The molecule has 1 aliphatic carbocycles. The molecule has 1 heterocycles. The van der Waals surface area contributed by atoms with E-state index in [1.165, 1.54) is 44.3 Å². The summed E-state index contributed by atoms with van der Waals surface area (Å²) in [4.78, 5) is 2.47. The average molecular weight is 245 g/mol. The van der Waals surface area contributed by atoms with Gasteiger partial charge in [0.15, 0.2) is 0 Å². The molecule has 0 bridgehead atoms. The molecule has 100 valence electrons. The van der Waals surface area contributed by atoms with Crippen LogP contribution in [0.25, 0.3) is 0 Å². The van der Waals surface area contributed by atoms with Gasteiger partial charge in [-0.2, -0.15) is 0 Å². The van der Waals surface area contributed by atoms with Gasteiger partial charge in [-0.1, -0.05) is 37.6 Å². The van der Waals surface area contributed by atoms with Crippen molar-refractivity contribution in [1.82, 2.24) is 4.90 Å². The summed E-state index contributed by atoms with van der Waals surface area (Å²) in [7, 11) is 2.25. The van der Waals surface area contributed by atoms with Gasteiger partial charge in [-0.25, -0.2) is 0 Å². The van der Waals surface area contributed by atoms with Crippen LogP contribution in [0.2, 0.25) is 0 Å². The minimum atomic E-state index is 0.536. The Labute approximate surface area is 112 Å². The molecule has 0 N–H and O–H groups in total. The maximum atomic E-state index is 2.47. The van der Waals surface area contributed by atoms with Crippen molar-refractivity contribution >= 4 is 0 Å². The predicted octanol–water partition coefficient (Wildman–Crippen LogP) is 3.93. The first kappa shape index (κ1) is 13.6. The Balaban J connectivity index is 0.000000574. The SMILES string of the molecule is CC.Cc1ccc2c(c1)C1(CC2)CCN(C)CC1. The first-order valence-electron chi connectivity index (χ1n) is 7.48. The Morgan fingerprint density at radius 3 is 2.39 bits per heavy atom. The second kappa shape index (κ2) is 5.44. The molecule has 18 heavy (non-hydrogen) atoms. The molecule has 3 rings (SSSR count). The number of likely N-dealkylation sites (tertiary alicyclic amines) is 1. The summed E-state index contributed by atoms with van der Waals surface area (Å²) in [5.74, 6) is 0. The second-order valence-electron chi connectivity index (χ2n) is 5.74. The summed E-state index contributed by atoms with van der Waals surface area (Å²) in [5.41, 5.74) is 5.27. The van der Waals surface area contributed by atoms with Gasteiger partial charge in [-0.3, -0.25) is 0 Å². The summed E-state index contributed by atoms with van der Waals surface area (Å²) >= 11 is 0. The first-order chi connectivity index (χ1) is 8.70. The quantitative estimate of drug-likeness (QED) is 0.669. The van der Waals surface area contributed by atoms with E-state index in [4.69, 9.17) is 0 Å². The number of hydrogen-bond donors (Lipinski definition) is 0. The second-order valence-corrected chi connectivity index (χ2v) is 5.74. The fourth-order valence-corrected chi connectivity index (χ4v) is 3.48. The minimum absolute atomic E-state index is 0.536. The molecule has 0 saturated carbocycles. The highest BCUT2D eigenvalue weighted by atomic mass is 15.1. The monoisotopic (exact) mass is 245 g/mol. The van der Waals surface area contributed by atoms with E-state index >= 15 is 0 Å². The van der Waals surface area contributed by atoms with Gasteiger partial charge in [0.25, 0.3) is 0 Å². The van der Waals surface area contributed by atoms with E-state index < -0.39 is 0 Å². The normalized spacial score (nSPS) is 21.3. The lowest BCUT2D eigenvalue weighted by atomic mass is 9.73. The Hall–Kier alpha value is -0.820. The van der Waals surface area contributed by atoms with Gasteiger partial charge in [0, 0.05) is 0 Å². The number of aryl methyl sites for hydroxylation is 2. The van der Waals surface area contributed by atoms with Crippen LogP contribution in [0.1, 0.15) is 49.8 Å². The van der Waals surface area contributed by atoms with E-state index in [0.29, 0.717) is 5.41 Å². The van der Waals surface area contributed by atoms with Crippen LogP contribution >= 0.6 is 0 Å². The Bertz CT molecular complexity index is 400. The molecular weight excluding hydrogens is 218 g/mol. The van der Waals surface area contributed by atoms with Gasteiger partial charge in [-0.05, 0) is 69.3 Å². The van der Waals surface area contributed by atoms with Gasteiger partial charge >= 0.3 is 0 Å². The van der Waals surface area contributed by atoms with Crippen LogP contribution in [0, 0.1) is 6.92 Å².